The van der Waals surface area contributed by atoms with Crippen LogP contribution in [0.5, 0.6) is 0 Å². The van der Waals surface area contributed by atoms with Gasteiger partial charge < -0.3 is 10.8 Å². The molecule has 50 valence electrons. The van der Waals surface area contributed by atoms with E-state index < -0.39 is 0 Å². The van der Waals surface area contributed by atoms with Gasteiger partial charge in [0.25, 0.3) is 0 Å². The minimum absolute atomic E-state index is 0.00264. The Hall–Kier alpha value is -0.610. The molecule has 0 radical (unpaired) electrons. The van der Waals surface area contributed by atoms with E-state index in [-0.39, 0.29) is 6.61 Å². The topological polar surface area (TPSA) is 59.1 Å². The predicted octanol–water partition coefficient (Wildman–Crippen LogP) is 0.526. The molecule has 0 aliphatic carbocycles. The highest BCUT2D eigenvalue weighted by molar-refractivity contribution is 7.06. The zero-order valence-corrected chi connectivity index (χ0v) is 5.90. The largest absolute Gasteiger partial charge is 0.396 e. The van der Waals surface area contributed by atoms with E-state index >= 15 is 0 Å². The SMILES string of the molecule is Cc1nsc(CO)c1N. The van der Waals surface area contributed by atoms with E-state index in [0.717, 1.165) is 10.6 Å². The Morgan fingerprint density at radius 1 is 1.78 bits per heavy atom. The molecule has 0 saturated carbocycles. The highest BCUT2D eigenvalue weighted by atomic mass is 32.1. The lowest BCUT2D eigenvalue weighted by Gasteiger charge is -1.89. The number of nitrogens with two attached hydrogens (primary N) is 1. The van der Waals surface area contributed by atoms with Gasteiger partial charge in [0.1, 0.15) is 0 Å². The van der Waals surface area contributed by atoms with Crippen molar-refractivity contribution in [1.29, 1.82) is 0 Å². The van der Waals surface area contributed by atoms with Crippen LogP contribution in [0.15, 0.2) is 0 Å². The molecular weight excluding hydrogens is 136 g/mol. The molecule has 9 heavy (non-hydrogen) atoms. The fourth-order valence-electron chi connectivity index (χ4n) is 0.538. The molecule has 1 rings (SSSR count). The van der Waals surface area contributed by atoms with Gasteiger partial charge in [-0.25, -0.2) is 0 Å². The van der Waals surface area contributed by atoms with E-state index in [1.807, 2.05) is 6.92 Å². The first kappa shape index (κ1) is 6.51. The summed E-state index contributed by atoms with van der Waals surface area (Å²) < 4.78 is 3.94. The van der Waals surface area contributed by atoms with Gasteiger partial charge in [0.2, 0.25) is 0 Å². The highest BCUT2D eigenvalue weighted by Gasteiger charge is 2.03. The molecule has 0 unspecified atom stereocenters. The lowest BCUT2D eigenvalue weighted by Crippen LogP contribution is -1.89. The smallest absolute Gasteiger partial charge is 0.0811 e. The van der Waals surface area contributed by atoms with E-state index in [9.17, 15) is 0 Å². The van der Waals surface area contributed by atoms with Crippen molar-refractivity contribution in [3.63, 3.8) is 0 Å². The minimum atomic E-state index is -0.00264. The molecule has 0 aliphatic rings. The standard InChI is InChI=1S/C5H8N2OS/c1-3-5(6)4(2-8)9-7-3/h8H,2,6H2,1H3. The molecule has 0 bridgehead atoms. The zero-order chi connectivity index (χ0) is 6.85. The summed E-state index contributed by atoms with van der Waals surface area (Å²) in [5.74, 6) is 0. The van der Waals surface area contributed by atoms with Gasteiger partial charge in [-0.15, -0.1) is 0 Å². The number of rotatable bonds is 1. The lowest BCUT2D eigenvalue weighted by molar-refractivity contribution is 0.286. The summed E-state index contributed by atoms with van der Waals surface area (Å²) in [4.78, 5) is 0.757. The Balaban J connectivity index is 3.04. The summed E-state index contributed by atoms with van der Waals surface area (Å²) in [6.07, 6.45) is 0. The molecule has 3 nitrogen and oxygen atoms in total. The molecular formula is C5H8N2OS. The summed E-state index contributed by atoms with van der Waals surface area (Å²) >= 11 is 1.25. The highest BCUT2D eigenvalue weighted by Crippen LogP contribution is 2.19. The van der Waals surface area contributed by atoms with Gasteiger partial charge in [-0.3, -0.25) is 0 Å². The van der Waals surface area contributed by atoms with Crippen LogP contribution in [0, 0.1) is 6.92 Å². The molecule has 0 aromatic carbocycles. The third-order valence-corrected chi connectivity index (χ3v) is 2.06. The van der Waals surface area contributed by atoms with E-state index in [1.54, 1.807) is 0 Å². The maximum atomic E-state index is 8.62. The number of hydrogen-bond donors (Lipinski definition) is 2. The zero-order valence-electron chi connectivity index (χ0n) is 5.09. The van der Waals surface area contributed by atoms with Gasteiger partial charge in [0.15, 0.2) is 0 Å². The summed E-state index contributed by atoms with van der Waals surface area (Å²) in [6, 6.07) is 0. The maximum Gasteiger partial charge on any atom is 0.0811 e. The van der Waals surface area contributed by atoms with Gasteiger partial charge in [-0.05, 0) is 18.5 Å². The van der Waals surface area contributed by atoms with E-state index in [2.05, 4.69) is 4.37 Å². The van der Waals surface area contributed by atoms with Crippen molar-refractivity contribution < 1.29 is 5.11 Å². The second-order valence-corrected chi connectivity index (χ2v) is 2.62. The molecule has 0 fully saturated rings. The van der Waals surface area contributed by atoms with E-state index in [4.69, 9.17) is 10.8 Å². The van der Waals surface area contributed by atoms with Crippen LogP contribution >= 0.6 is 11.5 Å². The molecule has 1 aromatic heterocycles. The third-order valence-electron chi connectivity index (χ3n) is 1.13. The maximum absolute atomic E-state index is 8.62. The normalized spacial score (nSPS) is 10.0. The first-order chi connectivity index (χ1) is 4.25. The second-order valence-electron chi connectivity index (χ2n) is 1.76. The van der Waals surface area contributed by atoms with Crippen molar-refractivity contribution in [3.05, 3.63) is 10.6 Å². The van der Waals surface area contributed by atoms with E-state index in [1.165, 1.54) is 11.5 Å². The minimum Gasteiger partial charge on any atom is -0.396 e. The number of anilines is 1. The second kappa shape index (κ2) is 2.33. The molecule has 1 heterocycles. The van der Waals surface area contributed by atoms with Crippen LogP contribution in [0.4, 0.5) is 5.69 Å². The van der Waals surface area contributed by atoms with Crippen LogP contribution in [0.25, 0.3) is 0 Å². The Morgan fingerprint density at radius 3 is 2.67 bits per heavy atom. The first-order valence-electron chi connectivity index (χ1n) is 2.57. The summed E-state index contributed by atoms with van der Waals surface area (Å²) in [6.45, 7) is 1.82. The number of aromatic nitrogens is 1. The van der Waals surface area contributed by atoms with Crippen LogP contribution < -0.4 is 5.73 Å². The van der Waals surface area contributed by atoms with Crippen molar-refractivity contribution in [2.45, 2.75) is 13.5 Å². The number of hydrogen-bond acceptors (Lipinski definition) is 4. The quantitative estimate of drug-likeness (QED) is 0.604. The molecule has 0 spiro atoms. The molecule has 0 saturated heterocycles. The Bertz CT molecular complexity index is 209. The van der Waals surface area contributed by atoms with Crippen LogP contribution in [-0.4, -0.2) is 9.48 Å². The molecule has 3 N–H and O–H groups in total. The van der Waals surface area contributed by atoms with Crippen LogP contribution in [0.2, 0.25) is 0 Å². The molecule has 0 aliphatic heterocycles. The Labute approximate surface area is 57.3 Å². The number of aryl methyl sites for hydroxylation is 1. The predicted molar refractivity (Wildman–Crippen MR) is 37.2 cm³/mol. The van der Waals surface area contributed by atoms with E-state index in [0.29, 0.717) is 5.69 Å². The lowest BCUT2D eigenvalue weighted by atomic mass is 10.3. The van der Waals surface area contributed by atoms with Crippen molar-refractivity contribution in [2.75, 3.05) is 5.73 Å². The monoisotopic (exact) mass is 144 g/mol. The number of aliphatic hydroxyl groups excluding tert-OH is 1. The summed E-state index contributed by atoms with van der Waals surface area (Å²) in [5, 5.41) is 8.62. The van der Waals surface area contributed by atoms with Gasteiger partial charge in [0.05, 0.1) is 22.9 Å². The fraction of sp³-hybridized carbons (Fsp3) is 0.400. The van der Waals surface area contributed by atoms with Gasteiger partial charge in [-0.1, -0.05) is 0 Å². The summed E-state index contributed by atoms with van der Waals surface area (Å²) in [5.41, 5.74) is 6.94. The number of nitrogens with zero attached hydrogens (tertiary/aromatic N) is 1. The van der Waals surface area contributed by atoms with Gasteiger partial charge in [0, 0.05) is 0 Å². The first-order valence-corrected chi connectivity index (χ1v) is 3.34. The molecule has 4 heteroatoms. The molecule has 0 atom stereocenters. The Kier molecular flexibility index (Phi) is 1.68. The van der Waals surface area contributed by atoms with Crippen LogP contribution in [0.3, 0.4) is 0 Å². The van der Waals surface area contributed by atoms with Crippen LogP contribution in [0.1, 0.15) is 10.6 Å². The van der Waals surface area contributed by atoms with Crippen molar-refractivity contribution >= 4 is 17.2 Å². The van der Waals surface area contributed by atoms with Crippen molar-refractivity contribution in [2.24, 2.45) is 0 Å². The average Bonchev–Trinajstić information content (AvgIpc) is 2.15. The van der Waals surface area contributed by atoms with Crippen molar-refractivity contribution in [3.8, 4) is 0 Å². The molecule has 0 amide bonds. The van der Waals surface area contributed by atoms with Gasteiger partial charge in [-0.2, -0.15) is 4.37 Å². The average molecular weight is 144 g/mol. The van der Waals surface area contributed by atoms with Crippen LogP contribution in [-0.2, 0) is 6.61 Å². The van der Waals surface area contributed by atoms with Crippen molar-refractivity contribution in [1.82, 2.24) is 4.37 Å². The van der Waals surface area contributed by atoms with Gasteiger partial charge >= 0.3 is 0 Å². The summed E-state index contributed by atoms with van der Waals surface area (Å²) in [7, 11) is 0. The number of nitrogen functional groups attached to an aromatic ring is 1. The third kappa shape index (κ3) is 1.04. The fourth-order valence-corrected chi connectivity index (χ4v) is 1.19. The Morgan fingerprint density at radius 2 is 2.44 bits per heavy atom. The molecule has 1 aromatic rings. The number of aliphatic hydroxyl groups is 1.